The predicted octanol–water partition coefficient (Wildman–Crippen LogP) is 3.60. The molecule has 4 rings (SSSR count). The summed E-state index contributed by atoms with van der Waals surface area (Å²) in [5, 5.41) is 0. The van der Waals surface area contributed by atoms with Gasteiger partial charge in [-0.25, -0.2) is 0 Å². The van der Waals surface area contributed by atoms with Gasteiger partial charge in [0, 0.05) is 12.0 Å². The lowest BCUT2D eigenvalue weighted by molar-refractivity contribution is 0.257. The average molecular weight is 263 g/mol. The third-order valence-electron chi connectivity index (χ3n) is 5.14. The van der Waals surface area contributed by atoms with Crippen LogP contribution in [0.3, 0.4) is 0 Å². The van der Waals surface area contributed by atoms with E-state index in [0.29, 0.717) is 12.0 Å². The van der Waals surface area contributed by atoms with Crippen LogP contribution in [-0.2, 0) is 12.8 Å². The third-order valence-corrected chi connectivity index (χ3v) is 5.14. The molecule has 2 aromatic rings. The summed E-state index contributed by atoms with van der Waals surface area (Å²) < 4.78 is 0. The monoisotopic (exact) mass is 263 g/mol. The van der Waals surface area contributed by atoms with Crippen LogP contribution >= 0.6 is 0 Å². The molecule has 2 unspecified atom stereocenters. The topological polar surface area (TPSA) is 3.24 Å². The highest BCUT2D eigenvalue weighted by Gasteiger charge is 2.34. The fourth-order valence-corrected chi connectivity index (χ4v) is 4.09. The van der Waals surface area contributed by atoms with Crippen molar-refractivity contribution in [3.8, 4) is 0 Å². The molecule has 0 aliphatic heterocycles. The Bertz CT molecular complexity index is 657. The highest BCUT2D eigenvalue weighted by atomic mass is 15.1. The smallest absolute Gasteiger partial charge is 0.0139 e. The molecule has 0 spiro atoms. The van der Waals surface area contributed by atoms with E-state index >= 15 is 0 Å². The van der Waals surface area contributed by atoms with Gasteiger partial charge in [-0.2, -0.15) is 0 Å². The molecule has 2 aliphatic carbocycles. The fourth-order valence-electron chi connectivity index (χ4n) is 4.09. The molecule has 2 aliphatic rings. The summed E-state index contributed by atoms with van der Waals surface area (Å²) in [6.07, 6.45) is 3.57. The Labute approximate surface area is 121 Å². The van der Waals surface area contributed by atoms with Gasteiger partial charge in [0.1, 0.15) is 0 Å². The minimum Gasteiger partial charge on any atom is -0.306 e. The van der Waals surface area contributed by atoms with Crippen molar-refractivity contribution >= 4 is 0 Å². The maximum Gasteiger partial charge on any atom is 0.0139 e. The molecule has 20 heavy (non-hydrogen) atoms. The molecule has 0 heterocycles. The quantitative estimate of drug-likeness (QED) is 0.760. The van der Waals surface area contributed by atoms with Gasteiger partial charge in [0.15, 0.2) is 0 Å². The number of likely N-dealkylation sites (N-methyl/N-ethyl adjacent to an activating group) is 1. The van der Waals surface area contributed by atoms with Crippen LogP contribution in [0.25, 0.3) is 0 Å². The second kappa shape index (κ2) is 4.46. The molecule has 0 fully saturated rings. The summed E-state index contributed by atoms with van der Waals surface area (Å²) in [6, 6.07) is 16.6. The third kappa shape index (κ3) is 1.73. The molecular weight excluding hydrogens is 242 g/mol. The average Bonchev–Trinajstić information content (AvgIpc) is 2.47. The van der Waals surface area contributed by atoms with Gasteiger partial charge >= 0.3 is 0 Å². The molecule has 0 saturated carbocycles. The summed E-state index contributed by atoms with van der Waals surface area (Å²) in [5.41, 5.74) is 7.88. The molecule has 0 bridgehead atoms. The summed E-state index contributed by atoms with van der Waals surface area (Å²) in [4.78, 5) is 2.40. The van der Waals surface area contributed by atoms with Crippen LogP contribution in [0.4, 0.5) is 0 Å². The first-order valence-electron chi connectivity index (χ1n) is 7.59. The van der Waals surface area contributed by atoms with Crippen molar-refractivity contribution in [1.82, 2.24) is 4.90 Å². The van der Waals surface area contributed by atoms with E-state index in [4.69, 9.17) is 0 Å². The van der Waals surface area contributed by atoms with Crippen LogP contribution < -0.4 is 0 Å². The van der Waals surface area contributed by atoms with Crippen molar-refractivity contribution in [3.63, 3.8) is 0 Å². The van der Waals surface area contributed by atoms with Gasteiger partial charge in [-0.3, -0.25) is 0 Å². The number of rotatable bonds is 1. The Balaban J connectivity index is 1.90. The van der Waals surface area contributed by atoms with Crippen LogP contribution in [0.5, 0.6) is 0 Å². The minimum absolute atomic E-state index is 0.604. The normalized spacial score (nSPS) is 23.4. The van der Waals surface area contributed by atoms with Crippen LogP contribution in [0.2, 0.25) is 0 Å². The molecule has 1 nitrogen and oxygen atoms in total. The Morgan fingerprint density at radius 3 is 2.50 bits per heavy atom. The SMILES string of the molecule is CN(C)C1Cc2cccc3c2C(C1)c1ccccc1C3. The zero-order valence-electron chi connectivity index (χ0n) is 12.3. The number of hydrogen-bond acceptors (Lipinski definition) is 1. The lowest BCUT2D eigenvalue weighted by atomic mass is 9.69. The highest BCUT2D eigenvalue weighted by molar-refractivity contribution is 5.53. The fraction of sp³-hybridized carbons (Fsp3) is 0.368. The maximum atomic E-state index is 2.40. The molecule has 0 radical (unpaired) electrons. The highest BCUT2D eigenvalue weighted by Crippen LogP contribution is 2.44. The Hall–Kier alpha value is -1.60. The maximum absolute atomic E-state index is 2.40. The number of hydrogen-bond donors (Lipinski definition) is 0. The molecule has 102 valence electrons. The molecule has 0 saturated heterocycles. The zero-order valence-corrected chi connectivity index (χ0v) is 12.3. The number of nitrogens with zero attached hydrogens (tertiary/aromatic N) is 1. The van der Waals surface area contributed by atoms with Crippen molar-refractivity contribution in [2.45, 2.75) is 31.2 Å². The van der Waals surface area contributed by atoms with Gasteiger partial charge in [-0.1, -0.05) is 42.5 Å². The van der Waals surface area contributed by atoms with E-state index in [0.717, 1.165) is 6.42 Å². The molecule has 2 atom stereocenters. The first-order valence-corrected chi connectivity index (χ1v) is 7.59. The summed E-state index contributed by atoms with van der Waals surface area (Å²) in [5.74, 6) is 0.604. The summed E-state index contributed by atoms with van der Waals surface area (Å²) >= 11 is 0. The summed E-state index contributed by atoms with van der Waals surface area (Å²) in [6.45, 7) is 0. The second-order valence-electron chi connectivity index (χ2n) is 6.48. The number of fused-ring (bicyclic) bond motifs is 2. The van der Waals surface area contributed by atoms with Gasteiger partial charge in [0.25, 0.3) is 0 Å². The van der Waals surface area contributed by atoms with Crippen molar-refractivity contribution in [1.29, 1.82) is 0 Å². The first-order chi connectivity index (χ1) is 9.74. The molecular formula is C19H21N. The first kappa shape index (κ1) is 12.2. The van der Waals surface area contributed by atoms with Crippen molar-refractivity contribution in [2.75, 3.05) is 14.1 Å². The van der Waals surface area contributed by atoms with Gasteiger partial charge in [-0.05, 0) is 61.2 Å². The van der Waals surface area contributed by atoms with Gasteiger partial charge < -0.3 is 4.90 Å². The predicted molar refractivity (Wildman–Crippen MR) is 83.3 cm³/mol. The van der Waals surface area contributed by atoms with E-state index < -0.39 is 0 Å². The number of benzene rings is 2. The molecule has 2 aromatic carbocycles. The Morgan fingerprint density at radius 2 is 1.65 bits per heavy atom. The Morgan fingerprint density at radius 1 is 0.900 bits per heavy atom. The standard InChI is InChI=1S/C19H21N/c1-20(2)16-11-15-8-5-7-14-10-13-6-3-4-9-17(13)18(12-16)19(14)15/h3-9,16,18H,10-12H2,1-2H3. The largest absolute Gasteiger partial charge is 0.306 e. The van der Waals surface area contributed by atoms with Crippen LogP contribution in [0.1, 0.15) is 40.2 Å². The van der Waals surface area contributed by atoms with Gasteiger partial charge in [0.05, 0.1) is 0 Å². The zero-order chi connectivity index (χ0) is 13.7. The van der Waals surface area contributed by atoms with Crippen LogP contribution in [0, 0.1) is 0 Å². The Kier molecular flexibility index (Phi) is 2.71. The molecule has 0 amide bonds. The molecule has 0 aromatic heterocycles. The van der Waals surface area contributed by atoms with E-state index in [9.17, 15) is 0 Å². The minimum atomic E-state index is 0.604. The van der Waals surface area contributed by atoms with Crippen molar-refractivity contribution < 1.29 is 0 Å². The van der Waals surface area contributed by atoms with Crippen LogP contribution in [-0.4, -0.2) is 25.0 Å². The molecule has 0 N–H and O–H groups in total. The lowest BCUT2D eigenvalue weighted by Gasteiger charge is -2.39. The van der Waals surface area contributed by atoms with E-state index in [1.807, 2.05) is 0 Å². The molecule has 1 heteroatoms. The second-order valence-corrected chi connectivity index (χ2v) is 6.48. The van der Waals surface area contributed by atoms with E-state index in [-0.39, 0.29) is 0 Å². The van der Waals surface area contributed by atoms with E-state index in [2.05, 4.69) is 61.5 Å². The summed E-state index contributed by atoms with van der Waals surface area (Å²) in [7, 11) is 4.43. The lowest BCUT2D eigenvalue weighted by Crippen LogP contribution is -2.37. The van der Waals surface area contributed by atoms with E-state index in [1.165, 1.54) is 18.4 Å². The van der Waals surface area contributed by atoms with Gasteiger partial charge in [0.2, 0.25) is 0 Å². The van der Waals surface area contributed by atoms with Gasteiger partial charge in [-0.15, -0.1) is 0 Å². The van der Waals surface area contributed by atoms with Crippen molar-refractivity contribution in [3.05, 3.63) is 70.3 Å². The van der Waals surface area contributed by atoms with Crippen molar-refractivity contribution in [2.24, 2.45) is 0 Å². The van der Waals surface area contributed by atoms with E-state index in [1.54, 1.807) is 22.3 Å². The van der Waals surface area contributed by atoms with Crippen LogP contribution in [0.15, 0.2) is 42.5 Å².